The number of cyclic esters (lactones) is 2. The van der Waals surface area contributed by atoms with Crippen molar-refractivity contribution < 1.29 is 47.6 Å². The van der Waals surface area contributed by atoms with Gasteiger partial charge in [0.2, 0.25) is 0 Å². The number of allylic oxidation sites excluding steroid dienone is 10. The van der Waals surface area contributed by atoms with Crippen LogP contribution in [0.4, 0.5) is 0 Å². The van der Waals surface area contributed by atoms with Crippen LogP contribution in [0.15, 0.2) is 125 Å². The molecule has 11 nitrogen and oxygen atoms in total. The van der Waals surface area contributed by atoms with Gasteiger partial charge in [0, 0.05) is 44.3 Å². The first-order valence-electron chi connectivity index (χ1n) is 18.9. The van der Waals surface area contributed by atoms with Crippen molar-refractivity contribution in [3.8, 4) is 0 Å². The number of fused-ring (bicyclic) bond motifs is 4. The Hall–Kier alpha value is -4.81. The summed E-state index contributed by atoms with van der Waals surface area (Å²) in [5, 5.41) is 21.8. The lowest BCUT2D eigenvalue weighted by atomic mass is 9.79. The lowest BCUT2D eigenvalue weighted by molar-refractivity contribution is -0.0460. The molecule has 0 radical (unpaired) electrons. The molecule has 0 aromatic carbocycles. The quantitative estimate of drug-likeness (QED) is 0.197. The highest BCUT2D eigenvalue weighted by molar-refractivity contribution is 5.89. The van der Waals surface area contributed by atoms with Gasteiger partial charge in [-0.2, -0.15) is 0 Å². The summed E-state index contributed by atoms with van der Waals surface area (Å²) in [7, 11) is 3.16. The SMILES string of the molecule is C/C=C/[C@H](O)C(C)(C)[C@@H]1C\C=C/C=C\C=C\[C@H](OC)Cc2nc(co2)C(=O)O[C@H](C(C)(C)[C@@H](O)/C=C/C)C\C=C/C=C\C=C\[C@H](OC)Cc2cc(co2)C(=O)O1. The zero-order valence-corrected chi connectivity index (χ0v) is 33.9. The number of hydrogen-bond acceptors (Lipinski definition) is 11. The number of aliphatic hydroxyl groups is 2. The highest BCUT2D eigenvalue weighted by Crippen LogP contribution is 2.33. The van der Waals surface area contributed by atoms with E-state index in [4.69, 9.17) is 27.8 Å². The van der Waals surface area contributed by atoms with E-state index >= 15 is 0 Å². The minimum Gasteiger partial charge on any atom is -0.468 e. The summed E-state index contributed by atoms with van der Waals surface area (Å²) in [6.45, 7) is 11.0. The van der Waals surface area contributed by atoms with E-state index in [2.05, 4.69) is 4.98 Å². The number of methoxy groups -OCH3 is 2. The first kappa shape index (κ1) is 45.6. The molecular weight excluding hydrogens is 714 g/mol. The van der Waals surface area contributed by atoms with Crippen LogP contribution in [0.3, 0.4) is 0 Å². The number of hydrogen-bond donors (Lipinski definition) is 2. The number of aromatic nitrogens is 1. The van der Waals surface area contributed by atoms with Gasteiger partial charge in [0.1, 0.15) is 30.5 Å². The van der Waals surface area contributed by atoms with Crippen molar-refractivity contribution in [3.05, 3.63) is 139 Å². The number of ether oxygens (including phenoxy) is 4. The fraction of sp³-hybridized carbons (Fsp3) is 0.444. The molecule has 6 atom stereocenters. The summed E-state index contributed by atoms with van der Waals surface area (Å²) in [5.74, 6) is -0.384. The Labute approximate surface area is 331 Å². The summed E-state index contributed by atoms with van der Waals surface area (Å²) < 4.78 is 34.5. The molecule has 1 aliphatic heterocycles. The summed E-state index contributed by atoms with van der Waals surface area (Å²) in [5.41, 5.74) is -1.37. The number of nitrogens with zero attached hydrogens (tertiary/aromatic N) is 1. The Balaban J connectivity index is 1.93. The second kappa shape index (κ2) is 22.7. The third-order valence-corrected chi connectivity index (χ3v) is 9.76. The van der Waals surface area contributed by atoms with E-state index < -0.39 is 53.3 Å². The second-order valence-corrected chi connectivity index (χ2v) is 14.6. The number of oxazole rings is 1. The number of carbonyl (C=O) groups is 2. The standard InChI is InChI=1S/C45H59NO10/c1-9-21-37(47)44(3,4)39-25-19-15-12-14-18-24-34(52-8)29-41-46-36(31-54-41)43(50)56-40(45(5,6)38(48)22-10-2)26-20-16-11-13-17-23-33(51-7)28-35-27-32(30-53-35)42(49)55-39/h9-24,27,30-31,33-34,37-40,47-48H,25-26,28-29H2,1-8H3/b13-11-,14-12-,19-15-,20-16-,21-9+,22-10+,23-17+,24-18+/t33-,34-,37-,38-,39-,40-/m0/s1. The summed E-state index contributed by atoms with van der Waals surface area (Å²) in [6.07, 6.45) is 29.0. The van der Waals surface area contributed by atoms with Gasteiger partial charge in [-0.25, -0.2) is 14.6 Å². The van der Waals surface area contributed by atoms with Crippen molar-refractivity contribution in [2.24, 2.45) is 10.8 Å². The van der Waals surface area contributed by atoms with Crippen molar-refractivity contribution in [1.29, 1.82) is 0 Å². The van der Waals surface area contributed by atoms with E-state index in [-0.39, 0.29) is 23.8 Å². The van der Waals surface area contributed by atoms with Gasteiger partial charge in [-0.05, 0) is 19.9 Å². The van der Waals surface area contributed by atoms with Crippen LogP contribution in [0.5, 0.6) is 0 Å². The van der Waals surface area contributed by atoms with E-state index in [9.17, 15) is 19.8 Å². The van der Waals surface area contributed by atoms with Gasteiger partial charge in [-0.3, -0.25) is 0 Å². The van der Waals surface area contributed by atoms with Crippen LogP contribution in [0.1, 0.15) is 86.9 Å². The van der Waals surface area contributed by atoms with Gasteiger partial charge in [0.05, 0.1) is 36.4 Å². The van der Waals surface area contributed by atoms with Crippen molar-refractivity contribution in [1.82, 2.24) is 4.98 Å². The van der Waals surface area contributed by atoms with Gasteiger partial charge in [-0.15, -0.1) is 0 Å². The Morgan fingerprint density at radius 3 is 1.73 bits per heavy atom. The Kier molecular flexibility index (Phi) is 18.5. The number of rotatable bonds is 8. The van der Waals surface area contributed by atoms with Gasteiger partial charge in [-0.1, -0.05) is 125 Å². The van der Waals surface area contributed by atoms with Crippen LogP contribution >= 0.6 is 0 Å². The fourth-order valence-electron chi connectivity index (χ4n) is 5.75. The second-order valence-electron chi connectivity index (χ2n) is 14.6. The van der Waals surface area contributed by atoms with E-state index in [1.165, 1.54) is 12.5 Å². The van der Waals surface area contributed by atoms with E-state index in [0.29, 0.717) is 30.9 Å². The van der Waals surface area contributed by atoms with Crippen molar-refractivity contribution in [2.45, 2.75) is 104 Å². The molecule has 56 heavy (non-hydrogen) atoms. The monoisotopic (exact) mass is 773 g/mol. The maximum Gasteiger partial charge on any atom is 0.360 e. The molecule has 2 N–H and O–H groups in total. The molecular formula is C45H59NO10. The molecule has 11 heteroatoms. The van der Waals surface area contributed by atoms with Crippen LogP contribution in [0.2, 0.25) is 0 Å². The average Bonchev–Trinajstić information content (AvgIpc) is 3.85. The third-order valence-electron chi connectivity index (χ3n) is 9.76. The smallest absolute Gasteiger partial charge is 0.360 e. The fourth-order valence-corrected chi connectivity index (χ4v) is 5.75. The van der Waals surface area contributed by atoms with Crippen LogP contribution in [-0.4, -0.2) is 78.0 Å². The molecule has 0 aliphatic carbocycles. The molecule has 0 amide bonds. The number of furan rings is 1. The van der Waals surface area contributed by atoms with Crippen LogP contribution < -0.4 is 0 Å². The molecule has 304 valence electrons. The maximum absolute atomic E-state index is 13.4. The predicted octanol–water partition coefficient (Wildman–Crippen LogP) is 8.19. The molecule has 2 aromatic heterocycles. The molecule has 4 bridgehead atoms. The average molecular weight is 774 g/mol. The minimum atomic E-state index is -0.875. The summed E-state index contributed by atoms with van der Waals surface area (Å²) in [6, 6.07) is 1.64. The molecule has 3 rings (SSSR count). The van der Waals surface area contributed by atoms with Crippen molar-refractivity contribution >= 4 is 11.9 Å². The van der Waals surface area contributed by atoms with E-state index in [0.717, 1.165) is 0 Å². The Morgan fingerprint density at radius 2 is 1.21 bits per heavy atom. The van der Waals surface area contributed by atoms with Crippen LogP contribution in [-0.2, 0) is 31.8 Å². The highest BCUT2D eigenvalue weighted by atomic mass is 16.6. The Bertz CT molecular complexity index is 1640. The first-order valence-corrected chi connectivity index (χ1v) is 18.9. The zero-order valence-electron chi connectivity index (χ0n) is 33.9. The minimum absolute atomic E-state index is 0.0164. The largest absolute Gasteiger partial charge is 0.468 e. The number of aliphatic hydroxyl groups excluding tert-OH is 2. The molecule has 1 aliphatic rings. The first-order chi connectivity index (χ1) is 26.8. The topological polar surface area (TPSA) is 151 Å². The maximum atomic E-state index is 13.4. The van der Waals surface area contributed by atoms with Crippen LogP contribution in [0.25, 0.3) is 0 Å². The Morgan fingerprint density at radius 1 is 0.714 bits per heavy atom. The zero-order chi connectivity index (χ0) is 41.1. The summed E-state index contributed by atoms with van der Waals surface area (Å²) in [4.78, 5) is 31.1. The molecule has 0 unspecified atom stereocenters. The van der Waals surface area contributed by atoms with Gasteiger partial charge in [0.15, 0.2) is 11.6 Å². The van der Waals surface area contributed by atoms with Gasteiger partial charge < -0.3 is 38.0 Å². The van der Waals surface area contributed by atoms with Gasteiger partial charge >= 0.3 is 11.9 Å². The summed E-state index contributed by atoms with van der Waals surface area (Å²) >= 11 is 0. The molecule has 0 saturated carbocycles. The van der Waals surface area contributed by atoms with E-state index in [1.54, 1.807) is 44.6 Å². The molecule has 0 saturated heterocycles. The normalized spacial score (nSPS) is 26.1. The van der Waals surface area contributed by atoms with E-state index in [1.807, 2.05) is 114 Å². The predicted molar refractivity (Wildman–Crippen MR) is 216 cm³/mol. The third kappa shape index (κ3) is 13.7. The number of esters is 2. The molecule has 0 spiro atoms. The lowest BCUT2D eigenvalue weighted by Crippen LogP contribution is -2.42. The number of carbonyl (C=O) groups excluding carboxylic acids is 2. The van der Waals surface area contributed by atoms with Crippen molar-refractivity contribution in [3.63, 3.8) is 0 Å². The van der Waals surface area contributed by atoms with Crippen LogP contribution in [0, 0.1) is 10.8 Å². The molecule has 0 fully saturated rings. The molecule has 2 aromatic rings. The lowest BCUT2D eigenvalue weighted by Gasteiger charge is -2.36. The van der Waals surface area contributed by atoms with Gasteiger partial charge in [0.25, 0.3) is 0 Å². The van der Waals surface area contributed by atoms with Crippen molar-refractivity contribution in [2.75, 3.05) is 14.2 Å². The molecule has 3 heterocycles. The highest BCUT2D eigenvalue weighted by Gasteiger charge is 2.39.